The molecule has 6 nitrogen and oxygen atoms in total. The number of rotatable bonds is 8. The fourth-order valence-corrected chi connectivity index (χ4v) is 4.20. The van der Waals surface area contributed by atoms with Gasteiger partial charge in [0.05, 0.1) is 19.3 Å². The lowest BCUT2D eigenvalue weighted by Gasteiger charge is -2.33. The summed E-state index contributed by atoms with van der Waals surface area (Å²) in [6.07, 6.45) is 3.25. The molecular formula is C21H33N3O3. The van der Waals surface area contributed by atoms with Crippen LogP contribution in [0.1, 0.15) is 31.7 Å². The lowest BCUT2D eigenvalue weighted by Crippen LogP contribution is -2.44. The Labute approximate surface area is 162 Å². The molecule has 1 aromatic rings. The lowest BCUT2D eigenvalue weighted by atomic mass is 9.77. The van der Waals surface area contributed by atoms with E-state index in [0.29, 0.717) is 26.3 Å². The summed E-state index contributed by atoms with van der Waals surface area (Å²) >= 11 is 0. The Hall–Kier alpha value is -1.63. The Kier molecular flexibility index (Phi) is 7.10. The number of piperidine rings is 1. The summed E-state index contributed by atoms with van der Waals surface area (Å²) in [5.74, 6) is 1.05. The van der Waals surface area contributed by atoms with E-state index in [4.69, 9.17) is 9.47 Å². The maximum absolute atomic E-state index is 13.2. The van der Waals surface area contributed by atoms with Gasteiger partial charge in [-0.25, -0.2) is 0 Å². The van der Waals surface area contributed by atoms with Crippen LogP contribution < -0.4 is 15.4 Å². The molecular weight excluding hydrogens is 342 g/mol. The third kappa shape index (κ3) is 5.21. The normalized spacial score (nSPS) is 21.3. The number of benzene rings is 1. The minimum atomic E-state index is -0.0809. The third-order valence-electron chi connectivity index (χ3n) is 5.81. The molecule has 0 saturated carbocycles. The van der Waals surface area contributed by atoms with Crippen LogP contribution in [0, 0.1) is 5.41 Å². The Morgan fingerprint density at radius 1 is 1.26 bits per heavy atom. The van der Waals surface area contributed by atoms with E-state index in [1.54, 1.807) is 7.11 Å². The molecule has 0 bridgehead atoms. The number of carbonyl (C=O) groups excluding carboxylic acids is 1. The standard InChI is InChI=1S/C21H33N3O3/c1-3-27-18-6-4-17(5-7-18)15-24(12-13-26-2)20(25)19-14-21(16-23-19)8-10-22-11-9-21/h4-7,19,22-23H,3,8-16H2,1-2H3/t19-/m0/s1. The van der Waals surface area contributed by atoms with Crippen LogP contribution in [0.5, 0.6) is 5.75 Å². The quantitative estimate of drug-likeness (QED) is 0.725. The summed E-state index contributed by atoms with van der Waals surface area (Å²) in [5.41, 5.74) is 1.40. The summed E-state index contributed by atoms with van der Waals surface area (Å²) in [6.45, 7) is 7.45. The van der Waals surface area contributed by atoms with Crippen LogP contribution >= 0.6 is 0 Å². The van der Waals surface area contributed by atoms with E-state index in [1.807, 2.05) is 36.1 Å². The van der Waals surface area contributed by atoms with Crippen molar-refractivity contribution in [1.29, 1.82) is 0 Å². The van der Waals surface area contributed by atoms with Crippen molar-refractivity contribution in [2.24, 2.45) is 5.41 Å². The molecule has 2 aliphatic rings. The summed E-state index contributed by atoms with van der Waals surface area (Å²) < 4.78 is 10.7. The summed E-state index contributed by atoms with van der Waals surface area (Å²) in [6, 6.07) is 7.93. The molecule has 2 N–H and O–H groups in total. The van der Waals surface area contributed by atoms with Gasteiger partial charge in [-0.3, -0.25) is 4.79 Å². The van der Waals surface area contributed by atoms with Crippen molar-refractivity contribution in [2.75, 3.05) is 46.5 Å². The largest absolute Gasteiger partial charge is 0.494 e. The number of hydrogen-bond donors (Lipinski definition) is 2. The minimum Gasteiger partial charge on any atom is -0.494 e. The Balaban J connectivity index is 1.63. The van der Waals surface area contributed by atoms with E-state index >= 15 is 0 Å². The highest BCUT2D eigenvalue weighted by Gasteiger charge is 2.43. The molecule has 150 valence electrons. The second kappa shape index (κ2) is 9.53. The van der Waals surface area contributed by atoms with Gasteiger partial charge in [0.2, 0.25) is 5.91 Å². The summed E-state index contributed by atoms with van der Waals surface area (Å²) in [5, 5.41) is 6.93. The number of hydrogen-bond acceptors (Lipinski definition) is 5. The number of nitrogens with one attached hydrogen (secondary N) is 2. The lowest BCUT2D eigenvalue weighted by molar-refractivity contribution is -0.134. The van der Waals surface area contributed by atoms with Gasteiger partial charge in [0, 0.05) is 26.7 Å². The molecule has 0 aromatic heterocycles. The second-order valence-electron chi connectivity index (χ2n) is 7.72. The van der Waals surface area contributed by atoms with Crippen molar-refractivity contribution in [3.63, 3.8) is 0 Å². The topological polar surface area (TPSA) is 62.8 Å². The molecule has 0 aliphatic carbocycles. The van der Waals surface area contributed by atoms with Crippen molar-refractivity contribution in [1.82, 2.24) is 15.5 Å². The predicted molar refractivity (Wildman–Crippen MR) is 106 cm³/mol. The van der Waals surface area contributed by atoms with Crippen LogP contribution in [0.2, 0.25) is 0 Å². The van der Waals surface area contributed by atoms with Gasteiger partial charge in [-0.2, -0.15) is 0 Å². The highest BCUT2D eigenvalue weighted by Crippen LogP contribution is 2.37. The van der Waals surface area contributed by atoms with E-state index in [-0.39, 0.29) is 17.4 Å². The Bertz CT molecular complexity index is 599. The van der Waals surface area contributed by atoms with E-state index in [2.05, 4.69) is 10.6 Å². The maximum Gasteiger partial charge on any atom is 0.240 e. The molecule has 0 radical (unpaired) electrons. The molecule has 6 heteroatoms. The van der Waals surface area contributed by atoms with Gasteiger partial charge in [0.15, 0.2) is 0 Å². The number of methoxy groups -OCH3 is 1. The molecule has 27 heavy (non-hydrogen) atoms. The molecule has 3 rings (SSSR count). The molecule has 1 spiro atoms. The molecule has 1 aromatic carbocycles. The average Bonchev–Trinajstić information content (AvgIpc) is 3.10. The Morgan fingerprint density at radius 2 is 2.00 bits per heavy atom. The maximum atomic E-state index is 13.2. The van der Waals surface area contributed by atoms with Crippen molar-refractivity contribution in [3.8, 4) is 5.75 Å². The van der Waals surface area contributed by atoms with Crippen LogP contribution in [0.15, 0.2) is 24.3 Å². The monoisotopic (exact) mass is 375 g/mol. The van der Waals surface area contributed by atoms with E-state index in [1.165, 1.54) is 0 Å². The first-order chi connectivity index (χ1) is 13.2. The van der Waals surface area contributed by atoms with Gasteiger partial charge in [0.1, 0.15) is 5.75 Å². The highest BCUT2D eigenvalue weighted by molar-refractivity contribution is 5.82. The van der Waals surface area contributed by atoms with Crippen LogP contribution in [-0.4, -0.2) is 63.4 Å². The first-order valence-corrected chi connectivity index (χ1v) is 10.1. The van der Waals surface area contributed by atoms with Crippen molar-refractivity contribution < 1.29 is 14.3 Å². The van der Waals surface area contributed by atoms with Crippen LogP contribution in [0.3, 0.4) is 0 Å². The third-order valence-corrected chi connectivity index (χ3v) is 5.81. The van der Waals surface area contributed by atoms with Gasteiger partial charge in [-0.05, 0) is 62.4 Å². The number of nitrogens with zero attached hydrogens (tertiary/aromatic N) is 1. The van der Waals surface area contributed by atoms with E-state index in [9.17, 15) is 4.79 Å². The highest BCUT2D eigenvalue weighted by atomic mass is 16.5. The fourth-order valence-electron chi connectivity index (χ4n) is 4.20. The minimum absolute atomic E-state index is 0.0809. The van der Waals surface area contributed by atoms with Gasteiger partial charge in [0.25, 0.3) is 0 Å². The zero-order chi connectivity index (χ0) is 19.1. The van der Waals surface area contributed by atoms with Crippen LogP contribution in [-0.2, 0) is 16.1 Å². The molecule has 1 atom stereocenters. The van der Waals surface area contributed by atoms with Crippen LogP contribution in [0.4, 0.5) is 0 Å². The smallest absolute Gasteiger partial charge is 0.240 e. The van der Waals surface area contributed by atoms with E-state index in [0.717, 1.165) is 50.2 Å². The number of carbonyl (C=O) groups is 1. The zero-order valence-electron chi connectivity index (χ0n) is 16.6. The SMILES string of the molecule is CCOc1ccc(CN(CCOC)C(=O)[C@@H]2CC3(CCNCC3)CN2)cc1. The van der Waals surface area contributed by atoms with Crippen LogP contribution in [0.25, 0.3) is 0 Å². The first-order valence-electron chi connectivity index (χ1n) is 10.1. The summed E-state index contributed by atoms with van der Waals surface area (Å²) in [4.78, 5) is 15.1. The molecule has 2 fully saturated rings. The van der Waals surface area contributed by atoms with Gasteiger partial charge in [-0.1, -0.05) is 12.1 Å². The average molecular weight is 376 g/mol. The Morgan fingerprint density at radius 3 is 2.67 bits per heavy atom. The van der Waals surface area contributed by atoms with Gasteiger partial charge in [-0.15, -0.1) is 0 Å². The fraction of sp³-hybridized carbons (Fsp3) is 0.667. The molecule has 1 amide bonds. The molecule has 2 saturated heterocycles. The van der Waals surface area contributed by atoms with Gasteiger partial charge >= 0.3 is 0 Å². The predicted octanol–water partition coefficient (Wildman–Crippen LogP) is 1.79. The van der Waals surface area contributed by atoms with Crippen molar-refractivity contribution >= 4 is 5.91 Å². The van der Waals surface area contributed by atoms with Crippen molar-refractivity contribution in [3.05, 3.63) is 29.8 Å². The second-order valence-corrected chi connectivity index (χ2v) is 7.72. The van der Waals surface area contributed by atoms with Crippen molar-refractivity contribution in [2.45, 2.75) is 38.8 Å². The number of ether oxygens (including phenoxy) is 2. The molecule has 2 aliphatic heterocycles. The molecule has 2 heterocycles. The summed E-state index contributed by atoms with van der Waals surface area (Å²) in [7, 11) is 1.68. The van der Waals surface area contributed by atoms with E-state index < -0.39 is 0 Å². The first kappa shape index (κ1) is 20.1. The van der Waals surface area contributed by atoms with Gasteiger partial charge < -0.3 is 25.0 Å². The number of amides is 1. The zero-order valence-corrected chi connectivity index (χ0v) is 16.6. The molecule has 0 unspecified atom stereocenters.